The molecule has 0 N–H and O–H groups in total. The summed E-state index contributed by atoms with van der Waals surface area (Å²) in [7, 11) is 8.17. The summed E-state index contributed by atoms with van der Waals surface area (Å²) in [5, 5.41) is 0. The maximum absolute atomic E-state index is 11.6. The van der Waals surface area contributed by atoms with Crippen LogP contribution in [0.1, 0.15) is 77.6 Å². The molecule has 0 aliphatic rings. The fourth-order valence-electron chi connectivity index (χ4n) is 2.76. The van der Waals surface area contributed by atoms with Crippen molar-refractivity contribution in [2.45, 2.75) is 77.6 Å². The van der Waals surface area contributed by atoms with E-state index in [1.807, 2.05) is 14.1 Å². The first-order chi connectivity index (χ1) is 10.4. The van der Waals surface area contributed by atoms with E-state index in [0.717, 1.165) is 11.0 Å². The molecule has 0 fully saturated rings. The quantitative estimate of drug-likeness (QED) is 0.342. The first-order valence-corrected chi connectivity index (χ1v) is 9.41. The Morgan fingerprint density at radius 1 is 0.773 bits per heavy atom. The zero-order valence-corrected chi connectivity index (χ0v) is 16.0. The molecule has 0 aliphatic carbocycles. The number of amides is 1. The van der Waals surface area contributed by atoms with Crippen molar-refractivity contribution in [3.63, 3.8) is 0 Å². The second-order valence-corrected chi connectivity index (χ2v) is 7.60. The third-order valence-corrected chi connectivity index (χ3v) is 4.55. The maximum Gasteiger partial charge on any atom is 0.227 e. The highest BCUT2D eigenvalue weighted by Gasteiger charge is 2.17. The molecule has 0 radical (unpaired) electrons. The van der Waals surface area contributed by atoms with Gasteiger partial charge in [-0.25, -0.2) is 0 Å². The molecule has 0 saturated carbocycles. The predicted molar refractivity (Wildman–Crippen MR) is 97.0 cm³/mol. The second-order valence-electron chi connectivity index (χ2n) is 7.60. The zero-order valence-electron chi connectivity index (χ0n) is 16.0. The van der Waals surface area contributed by atoms with E-state index in [-0.39, 0.29) is 5.91 Å². The van der Waals surface area contributed by atoms with E-state index in [0.29, 0.717) is 6.42 Å². The number of hydrogen-bond acceptors (Lipinski definition) is 1. The Morgan fingerprint density at radius 3 is 1.68 bits per heavy atom. The van der Waals surface area contributed by atoms with Crippen LogP contribution in [-0.4, -0.2) is 56.6 Å². The number of quaternary nitrogens is 1. The molecule has 0 bridgehead atoms. The van der Waals surface area contributed by atoms with Crippen molar-refractivity contribution in [1.29, 1.82) is 0 Å². The van der Waals surface area contributed by atoms with Crippen molar-refractivity contribution in [3.8, 4) is 0 Å². The first kappa shape index (κ1) is 21.4. The molecule has 0 rings (SSSR count). The molecule has 132 valence electrons. The molecule has 0 aromatic carbocycles. The highest BCUT2D eigenvalue weighted by Crippen LogP contribution is 2.12. The minimum absolute atomic E-state index is 0.245. The van der Waals surface area contributed by atoms with Crippen molar-refractivity contribution < 1.29 is 9.28 Å². The van der Waals surface area contributed by atoms with Gasteiger partial charge >= 0.3 is 0 Å². The summed E-state index contributed by atoms with van der Waals surface area (Å²) in [6.07, 6.45) is 14.5. The van der Waals surface area contributed by atoms with Crippen LogP contribution in [0.2, 0.25) is 0 Å². The van der Waals surface area contributed by atoms with Crippen LogP contribution in [0.25, 0.3) is 0 Å². The van der Waals surface area contributed by atoms with Crippen LogP contribution in [0.3, 0.4) is 0 Å². The largest absolute Gasteiger partial charge is 0.349 e. The van der Waals surface area contributed by atoms with Crippen molar-refractivity contribution in [2.75, 3.05) is 41.3 Å². The van der Waals surface area contributed by atoms with E-state index in [9.17, 15) is 4.79 Å². The van der Waals surface area contributed by atoms with Gasteiger partial charge in [-0.15, -0.1) is 0 Å². The van der Waals surface area contributed by atoms with Crippen molar-refractivity contribution in [3.05, 3.63) is 0 Å². The Labute approximate surface area is 139 Å². The smallest absolute Gasteiger partial charge is 0.227 e. The number of nitrogens with zero attached hydrogens (tertiary/aromatic N) is 2. The molecule has 0 saturated heterocycles. The molecule has 22 heavy (non-hydrogen) atoms. The van der Waals surface area contributed by atoms with Crippen LogP contribution in [0.15, 0.2) is 0 Å². The Morgan fingerprint density at radius 2 is 1.23 bits per heavy atom. The number of rotatable bonds is 14. The van der Waals surface area contributed by atoms with Gasteiger partial charge in [0.05, 0.1) is 33.6 Å². The van der Waals surface area contributed by atoms with Crippen molar-refractivity contribution >= 4 is 5.91 Å². The monoisotopic (exact) mass is 313 g/mol. The van der Waals surface area contributed by atoms with Crippen molar-refractivity contribution in [2.24, 2.45) is 0 Å². The van der Waals surface area contributed by atoms with E-state index in [2.05, 4.69) is 21.0 Å². The topological polar surface area (TPSA) is 20.3 Å². The lowest BCUT2D eigenvalue weighted by Gasteiger charge is -2.30. The normalized spacial score (nSPS) is 11.7. The molecule has 3 heteroatoms. The number of unbranched alkanes of at least 4 members (excludes halogenated alkanes) is 9. The number of hydrogen-bond donors (Lipinski definition) is 0. The van der Waals surface area contributed by atoms with Crippen LogP contribution in [0.4, 0.5) is 0 Å². The third-order valence-electron chi connectivity index (χ3n) is 4.55. The predicted octanol–water partition coefficient (Wildman–Crippen LogP) is 4.46. The molecule has 0 unspecified atom stereocenters. The molecule has 0 heterocycles. The lowest BCUT2D eigenvalue weighted by Crippen LogP contribution is -2.43. The second kappa shape index (κ2) is 12.9. The first-order valence-electron chi connectivity index (χ1n) is 9.41. The minimum atomic E-state index is 0.245. The highest BCUT2D eigenvalue weighted by atomic mass is 16.2. The number of carbonyl (C=O) groups is 1. The van der Waals surface area contributed by atoms with Gasteiger partial charge in [0, 0.05) is 14.1 Å². The Balaban J connectivity index is 3.47. The minimum Gasteiger partial charge on any atom is -0.349 e. The average Bonchev–Trinajstić information content (AvgIpc) is 2.46. The standard InChI is InChI=1S/C19H41N2O/c1-6-7-8-9-10-11-12-13-14-15-17-21(4,5)18-16-19(22)20(2)3/h6-18H2,1-5H3/q+1. The summed E-state index contributed by atoms with van der Waals surface area (Å²) in [5.74, 6) is 0.245. The van der Waals surface area contributed by atoms with Gasteiger partial charge in [0.15, 0.2) is 0 Å². The molecular weight excluding hydrogens is 272 g/mol. The van der Waals surface area contributed by atoms with Crippen LogP contribution in [-0.2, 0) is 4.79 Å². The highest BCUT2D eigenvalue weighted by molar-refractivity contribution is 5.75. The third kappa shape index (κ3) is 13.1. The SMILES string of the molecule is CCCCCCCCCCCC[N+](C)(C)CCC(=O)N(C)C. The van der Waals surface area contributed by atoms with Crippen LogP contribution in [0, 0.1) is 0 Å². The van der Waals surface area contributed by atoms with Gasteiger partial charge in [-0.05, 0) is 12.8 Å². The van der Waals surface area contributed by atoms with Gasteiger partial charge in [-0.3, -0.25) is 4.79 Å². The summed E-state index contributed by atoms with van der Waals surface area (Å²) >= 11 is 0. The Bertz CT molecular complexity index is 275. The summed E-state index contributed by atoms with van der Waals surface area (Å²) in [6.45, 7) is 4.42. The fourth-order valence-corrected chi connectivity index (χ4v) is 2.76. The van der Waals surface area contributed by atoms with E-state index in [1.165, 1.54) is 70.8 Å². The lowest BCUT2D eigenvalue weighted by atomic mass is 10.1. The van der Waals surface area contributed by atoms with Gasteiger partial charge < -0.3 is 9.38 Å². The molecule has 1 amide bonds. The molecular formula is C19H41N2O+. The molecule has 0 aliphatic heterocycles. The molecule has 0 aromatic rings. The Kier molecular flexibility index (Phi) is 12.6. The maximum atomic E-state index is 11.6. The zero-order chi connectivity index (χ0) is 16.8. The van der Waals surface area contributed by atoms with E-state index in [1.54, 1.807) is 4.90 Å². The number of carbonyl (C=O) groups excluding carboxylic acids is 1. The van der Waals surface area contributed by atoms with Gasteiger partial charge in [0.25, 0.3) is 0 Å². The summed E-state index contributed by atoms with van der Waals surface area (Å²) in [4.78, 5) is 13.3. The molecule has 0 spiro atoms. The van der Waals surface area contributed by atoms with E-state index >= 15 is 0 Å². The Hall–Kier alpha value is -0.570. The van der Waals surface area contributed by atoms with Gasteiger partial charge in [0.2, 0.25) is 5.91 Å². The molecule has 0 atom stereocenters. The lowest BCUT2D eigenvalue weighted by molar-refractivity contribution is -0.890. The summed E-state index contributed by atoms with van der Waals surface area (Å²) in [6, 6.07) is 0. The van der Waals surface area contributed by atoms with E-state index in [4.69, 9.17) is 0 Å². The van der Waals surface area contributed by atoms with Gasteiger partial charge in [-0.2, -0.15) is 0 Å². The summed E-state index contributed by atoms with van der Waals surface area (Å²) < 4.78 is 0.969. The van der Waals surface area contributed by atoms with Gasteiger partial charge in [0.1, 0.15) is 0 Å². The van der Waals surface area contributed by atoms with Crippen LogP contribution in [0.5, 0.6) is 0 Å². The molecule has 0 aromatic heterocycles. The van der Waals surface area contributed by atoms with Gasteiger partial charge in [-0.1, -0.05) is 58.3 Å². The van der Waals surface area contributed by atoms with E-state index < -0.39 is 0 Å². The van der Waals surface area contributed by atoms with Crippen molar-refractivity contribution in [1.82, 2.24) is 4.90 Å². The molecule has 3 nitrogen and oxygen atoms in total. The average molecular weight is 314 g/mol. The van der Waals surface area contributed by atoms with Crippen LogP contribution < -0.4 is 0 Å². The fraction of sp³-hybridized carbons (Fsp3) is 0.947. The summed E-state index contributed by atoms with van der Waals surface area (Å²) in [5.41, 5.74) is 0. The van der Waals surface area contributed by atoms with Crippen LogP contribution >= 0.6 is 0 Å².